The molecule has 0 aliphatic carbocycles. The first kappa shape index (κ1) is 28.3. The second-order valence-corrected chi connectivity index (χ2v) is 18.8. The third kappa shape index (κ3) is 9.84. The van der Waals surface area contributed by atoms with Crippen LogP contribution in [0.4, 0.5) is 0 Å². The van der Waals surface area contributed by atoms with Crippen LogP contribution in [0.3, 0.4) is 0 Å². The third-order valence-electron chi connectivity index (χ3n) is 4.47. The van der Waals surface area contributed by atoms with Gasteiger partial charge in [-0.25, -0.2) is 0 Å². The van der Waals surface area contributed by atoms with Crippen LogP contribution in [0, 0.1) is 0 Å². The summed E-state index contributed by atoms with van der Waals surface area (Å²) >= 11 is -4.21. The topological polar surface area (TPSA) is 120 Å². The molecule has 3 rings (SSSR count). The number of hydrogen-bond donors (Lipinski definition) is 0. The molecule has 0 unspecified atom stereocenters. The van der Waals surface area contributed by atoms with Gasteiger partial charge in [0.05, 0.1) is 0 Å². The summed E-state index contributed by atoms with van der Waals surface area (Å²) in [5.41, 5.74) is 0.519. The maximum absolute atomic E-state index is 11.4. The van der Waals surface area contributed by atoms with Gasteiger partial charge < -0.3 is 11.0 Å². The Labute approximate surface area is 165 Å². The van der Waals surface area contributed by atoms with Crippen LogP contribution in [0.1, 0.15) is 27.7 Å². The predicted octanol–water partition coefficient (Wildman–Crippen LogP) is 0.812. The Morgan fingerprint density at radius 3 is 1.69 bits per heavy atom. The van der Waals surface area contributed by atoms with E-state index in [0.29, 0.717) is 5.57 Å². The van der Waals surface area contributed by atoms with E-state index < -0.39 is 29.0 Å². The average Bonchev–Trinajstić information content (AvgIpc) is 2.51. The summed E-state index contributed by atoms with van der Waals surface area (Å²) in [7, 11) is 0. The quantitative estimate of drug-likeness (QED) is 0.408. The van der Waals surface area contributed by atoms with E-state index in [-0.39, 0.29) is 16.9 Å². The fraction of sp³-hybridized carbons (Fsp3) is 0.812. The van der Waals surface area contributed by atoms with Gasteiger partial charge in [0, 0.05) is 0 Å². The normalized spacial score (nSPS) is 18.0. The van der Waals surface area contributed by atoms with Crippen LogP contribution in [-0.2, 0) is 19.8 Å². The van der Waals surface area contributed by atoms with E-state index in [9.17, 15) is 4.79 Å². The van der Waals surface area contributed by atoms with Crippen molar-refractivity contribution >= 4 is 34.9 Å². The zero-order chi connectivity index (χ0) is 18.0. The van der Waals surface area contributed by atoms with Gasteiger partial charge in [0.25, 0.3) is 0 Å². The maximum Gasteiger partial charge on any atom is -0.412 e. The Hall–Kier alpha value is 0.0557. The number of fused-ring (bicyclic) bond motifs is 6. The summed E-state index contributed by atoms with van der Waals surface area (Å²) in [5.74, 6) is -0.189. The van der Waals surface area contributed by atoms with Crippen molar-refractivity contribution in [3.63, 3.8) is 0 Å². The van der Waals surface area contributed by atoms with Gasteiger partial charge in [0.1, 0.15) is 0 Å². The van der Waals surface area contributed by atoms with Crippen molar-refractivity contribution in [3.8, 4) is 0 Å². The molecular weight excluding hydrogens is 463 g/mol. The van der Waals surface area contributed by atoms with Crippen LogP contribution in [0.2, 0.25) is 15.8 Å². The van der Waals surface area contributed by atoms with Gasteiger partial charge in [-0.2, -0.15) is 0 Å². The number of carbonyl (C=O) groups excluding carboxylic acids is 1. The van der Waals surface area contributed by atoms with Gasteiger partial charge in [-0.1, -0.05) is 0 Å². The molecule has 0 atom stereocenters. The summed E-state index contributed by atoms with van der Waals surface area (Å²) < 4.78 is 21.9. The van der Waals surface area contributed by atoms with Crippen LogP contribution >= 0.6 is 0 Å². The summed E-state index contributed by atoms with van der Waals surface area (Å²) in [6.45, 7) is 17.2. The van der Waals surface area contributed by atoms with Crippen molar-refractivity contribution in [1.29, 1.82) is 0 Å². The molecular formula is C16H36Ge2NO7. The number of hydrogen-bond acceptors (Lipinski definition) is 6. The van der Waals surface area contributed by atoms with Crippen LogP contribution in [0.15, 0.2) is 12.2 Å². The first-order chi connectivity index (χ1) is 11.5. The fourth-order valence-corrected chi connectivity index (χ4v) is 9.88. The van der Waals surface area contributed by atoms with Gasteiger partial charge in [-0.3, -0.25) is 0 Å². The zero-order valence-electron chi connectivity index (χ0n) is 16.6. The number of rotatable bonds is 5. The minimum absolute atomic E-state index is 0. The summed E-state index contributed by atoms with van der Waals surface area (Å²) in [6, 6.07) is 0. The fourth-order valence-electron chi connectivity index (χ4n) is 2.48. The Morgan fingerprint density at radius 2 is 1.38 bits per heavy atom. The van der Waals surface area contributed by atoms with Gasteiger partial charge in [0.15, 0.2) is 0 Å². The van der Waals surface area contributed by atoms with Gasteiger partial charge in [-0.05, 0) is 0 Å². The average molecular weight is 500 g/mol. The van der Waals surface area contributed by atoms with Crippen LogP contribution < -0.4 is 0 Å². The monoisotopic (exact) mass is 502 g/mol. The zero-order valence-corrected chi connectivity index (χ0v) is 20.8. The molecule has 0 amide bonds. The second-order valence-electron chi connectivity index (χ2n) is 6.05. The van der Waals surface area contributed by atoms with E-state index in [0.717, 1.165) is 55.2 Å². The SMILES string of the molecule is C1CN2CC[O][Ge]([O]1)[O]CC2.C=C(C)C(=O)[O][Ge]([CH2]C)([CH2]C)[CH2]C.O.O. The molecule has 155 valence electrons. The molecule has 0 aromatic rings. The largest absolute Gasteiger partial charge is 0.412 e. The Morgan fingerprint density at radius 1 is 1.00 bits per heavy atom. The van der Waals surface area contributed by atoms with Crippen molar-refractivity contribution in [2.75, 3.05) is 39.5 Å². The molecule has 2 bridgehead atoms. The van der Waals surface area contributed by atoms with E-state index in [1.807, 2.05) is 0 Å². The number of carbonyl (C=O) groups is 1. The first-order valence-electron chi connectivity index (χ1n) is 8.82. The molecule has 3 aliphatic rings. The predicted molar refractivity (Wildman–Crippen MR) is 105 cm³/mol. The smallest absolute Gasteiger partial charge is 0.412 e. The van der Waals surface area contributed by atoms with Crippen molar-refractivity contribution < 1.29 is 30.8 Å². The van der Waals surface area contributed by atoms with Gasteiger partial charge in [-0.15, -0.1) is 0 Å². The molecule has 3 heterocycles. The van der Waals surface area contributed by atoms with Crippen LogP contribution in [0.5, 0.6) is 0 Å². The maximum atomic E-state index is 11.4. The molecule has 0 aromatic carbocycles. The molecule has 0 aromatic heterocycles. The van der Waals surface area contributed by atoms with Crippen molar-refractivity contribution in [2.45, 2.75) is 43.5 Å². The number of nitrogens with zero attached hydrogens (tertiary/aromatic N) is 1. The summed E-state index contributed by atoms with van der Waals surface area (Å²) in [4.78, 5) is 13.7. The Kier molecular flexibility index (Phi) is 16.3. The third-order valence-corrected chi connectivity index (χ3v) is 16.7. The van der Waals surface area contributed by atoms with Crippen molar-refractivity contribution in [3.05, 3.63) is 12.2 Å². The first-order valence-corrected chi connectivity index (χ1v) is 16.7. The Balaban J connectivity index is 0. The molecule has 4 N–H and O–H groups in total. The molecule has 10 heteroatoms. The molecule has 3 saturated heterocycles. The molecule has 0 spiro atoms. The van der Waals surface area contributed by atoms with E-state index >= 15 is 0 Å². The minimum atomic E-state index is -2.27. The van der Waals surface area contributed by atoms with Crippen LogP contribution in [0.25, 0.3) is 0 Å². The van der Waals surface area contributed by atoms with E-state index in [2.05, 4.69) is 32.3 Å². The van der Waals surface area contributed by atoms with E-state index in [4.69, 9.17) is 15.1 Å². The minimum Gasteiger partial charge on any atom is -0.412 e. The molecule has 3 fully saturated rings. The van der Waals surface area contributed by atoms with Crippen molar-refractivity contribution in [1.82, 2.24) is 4.90 Å². The van der Waals surface area contributed by atoms with Gasteiger partial charge >= 0.3 is 155 Å². The summed E-state index contributed by atoms with van der Waals surface area (Å²) in [5, 5.41) is 3.14. The second kappa shape index (κ2) is 15.0. The molecule has 1 radical (unpaired) electrons. The molecule has 8 nitrogen and oxygen atoms in total. The summed E-state index contributed by atoms with van der Waals surface area (Å²) in [6.07, 6.45) is 0. The molecule has 3 aliphatic heterocycles. The van der Waals surface area contributed by atoms with Gasteiger partial charge in [0.2, 0.25) is 0 Å². The van der Waals surface area contributed by atoms with E-state index in [1.54, 1.807) is 6.92 Å². The standard InChI is InChI=1S/C10H20GeO2.C6H12GeNO3.2H2O/c1-6-11(7-2,8-3)13-10(12)9(4)5;1-4-9-7-10-5-2-8(1)3-6-11-7;;/h4,6-8H2,1-3,5H3;1-6H2;2*1H2. The van der Waals surface area contributed by atoms with E-state index in [1.165, 1.54) is 0 Å². The molecule has 26 heavy (non-hydrogen) atoms. The Bertz CT molecular complexity index is 364. The molecule has 0 saturated carbocycles. The van der Waals surface area contributed by atoms with Crippen molar-refractivity contribution in [2.24, 2.45) is 0 Å². The van der Waals surface area contributed by atoms with Crippen LogP contribution in [-0.4, -0.2) is 90.2 Å².